The number of nitrogens with zero attached hydrogens (tertiary/aromatic N) is 2. The number of nitrogens with one attached hydrogen (secondary N) is 2. The Morgan fingerprint density at radius 2 is 1.68 bits per heavy atom. The van der Waals surface area contributed by atoms with E-state index in [4.69, 9.17) is 4.74 Å². The second-order valence-corrected chi connectivity index (χ2v) is 8.42. The van der Waals surface area contributed by atoms with E-state index in [9.17, 15) is 14.0 Å². The van der Waals surface area contributed by atoms with Crippen molar-refractivity contribution >= 4 is 28.8 Å². The third-order valence-electron chi connectivity index (χ3n) is 4.91. The third-order valence-corrected chi connectivity index (χ3v) is 5.80. The topological polar surface area (TPSA) is 93.2 Å². The van der Waals surface area contributed by atoms with Gasteiger partial charge in [0.1, 0.15) is 18.2 Å². The molecule has 0 radical (unpaired) electrons. The molecule has 7 nitrogen and oxygen atoms in total. The van der Waals surface area contributed by atoms with E-state index in [1.165, 1.54) is 6.07 Å². The molecule has 4 rings (SSSR count). The number of aromatic nitrogens is 2. The van der Waals surface area contributed by atoms with Gasteiger partial charge in [-0.1, -0.05) is 47.7 Å². The van der Waals surface area contributed by atoms with Crippen LogP contribution < -0.4 is 15.4 Å². The molecule has 0 spiro atoms. The van der Waals surface area contributed by atoms with Gasteiger partial charge in [0.15, 0.2) is 5.01 Å². The minimum absolute atomic E-state index is 0.0803. The largest absolute Gasteiger partial charge is 0.486 e. The Kier molecular flexibility index (Phi) is 7.24. The van der Waals surface area contributed by atoms with Crippen LogP contribution in [-0.2, 0) is 13.2 Å². The molecule has 34 heavy (non-hydrogen) atoms. The number of halogens is 1. The Morgan fingerprint density at radius 3 is 2.44 bits per heavy atom. The first-order valence-electron chi connectivity index (χ1n) is 10.4. The molecule has 2 N–H and O–H groups in total. The predicted molar refractivity (Wildman–Crippen MR) is 127 cm³/mol. The van der Waals surface area contributed by atoms with Gasteiger partial charge in [0, 0.05) is 23.4 Å². The van der Waals surface area contributed by atoms with Crippen LogP contribution >= 0.6 is 11.3 Å². The molecule has 0 bridgehead atoms. The van der Waals surface area contributed by atoms with Crippen molar-refractivity contribution in [3.05, 3.63) is 105 Å². The Hall–Kier alpha value is -4.11. The van der Waals surface area contributed by atoms with Crippen LogP contribution in [0.25, 0.3) is 0 Å². The van der Waals surface area contributed by atoms with Gasteiger partial charge in [0.05, 0.1) is 0 Å². The summed E-state index contributed by atoms with van der Waals surface area (Å²) in [5.74, 6) is -0.371. The van der Waals surface area contributed by atoms with E-state index in [-0.39, 0.29) is 29.9 Å². The van der Waals surface area contributed by atoms with Crippen molar-refractivity contribution in [2.24, 2.45) is 0 Å². The van der Waals surface area contributed by atoms with Crippen LogP contribution in [-0.4, -0.2) is 22.0 Å². The first-order valence-corrected chi connectivity index (χ1v) is 11.2. The SMILES string of the molecule is Cc1ccccc1OCc1nnc(C(=O)Nc2ccc(C(=O)NCc3ccccc3F)cc2)s1. The fourth-order valence-corrected chi connectivity index (χ4v) is 3.72. The lowest BCUT2D eigenvalue weighted by Crippen LogP contribution is -2.23. The fraction of sp³-hybridized carbons (Fsp3) is 0.120. The van der Waals surface area contributed by atoms with Crippen LogP contribution in [0.5, 0.6) is 5.75 Å². The van der Waals surface area contributed by atoms with Gasteiger partial charge in [0.2, 0.25) is 5.01 Å². The lowest BCUT2D eigenvalue weighted by Gasteiger charge is -2.07. The monoisotopic (exact) mass is 476 g/mol. The molecule has 1 heterocycles. The van der Waals surface area contributed by atoms with E-state index in [0.717, 1.165) is 22.6 Å². The summed E-state index contributed by atoms with van der Waals surface area (Å²) in [4.78, 5) is 24.8. The summed E-state index contributed by atoms with van der Waals surface area (Å²) in [6.07, 6.45) is 0. The number of hydrogen-bond donors (Lipinski definition) is 2. The van der Waals surface area contributed by atoms with Gasteiger partial charge in [-0.25, -0.2) is 4.39 Å². The van der Waals surface area contributed by atoms with Crippen molar-refractivity contribution in [3.8, 4) is 5.75 Å². The zero-order valence-corrected chi connectivity index (χ0v) is 19.1. The fourth-order valence-electron chi connectivity index (χ4n) is 3.07. The van der Waals surface area contributed by atoms with E-state index < -0.39 is 5.91 Å². The van der Waals surface area contributed by atoms with Gasteiger partial charge in [-0.15, -0.1) is 10.2 Å². The number of ether oxygens (including phenoxy) is 1. The lowest BCUT2D eigenvalue weighted by molar-refractivity contribution is 0.0950. The highest BCUT2D eigenvalue weighted by molar-refractivity contribution is 7.13. The number of rotatable bonds is 8. The highest BCUT2D eigenvalue weighted by Crippen LogP contribution is 2.20. The van der Waals surface area contributed by atoms with Crippen molar-refractivity contribution < 1.29 is 18.7 Å². The molecule has 0 aliphatic heterocycles. The maximum Gasteiger partial charge on any atom is 0.286 e. The molecule has 0 saturated carbocycles. The van der Waals surface area contributed by atoms with Gasteiger partial charge in [-0.2, -0.15) is 0 Å². The van der Waals surface area contributed by atoms with Gasteiger partial charge in [0.25, 0.3) is 11.8 Å². The number of aryl methyl sites for hydroxylation is 1. The van der Waals surface area contributed by atoms with E-state index in [1.807, 2.05) is 31.2 Å². The van der Waals surface area contributed by atoms with Crippen LogP contribution in [0.15, 0.2) is 72.8 Å². The normalized spacial score (nSPS) is 10.5. The van der Waals surface area contributed by atoms with Crippen LogP contribution in [0.4, 0.5) is 10.1 Å². The summed E-state index contributed by atoms with van der Waals surface area (Å²) in [5, 5.41) is 14.1. The average molecular weight is 477 g/mol. The molecule has 4 aromatic rings. The number of carbonyl (C=O) groups is 2. The lowest BCUT2D eigenvalue weighted by atomic mass is 10.1. The molecule has 172 valence electrons. The molecule has 9 heteroatoms. The Balaban J connectivity index is 1.30. The van der Waals surface area contributed by atoms with Gasteiger partial charge >= 0.3 is 0 Å². The standard InChI is InChI=1S/C25H21FN4O3S/c1-16-6-2-5-9-21(16)33-15-22-29-30-25(34-22)24(32)28-19-12-10-17(11-13-19)23(31)27-14-18-7-3-4-8-20(18)26/h2-13H,14-15H2,1H3,(H,27,31)(H,28,32). The van der Waals surface area contributed by atoms with Gasteiger partial charge in [-0.05, 0) is 48.9 Å². The molecule has 1 aromatic heterocycles. The molecule has 0 fully saturated rings. The summed E-state index contributed by atoms with van der Waals surface area (Å²) in [6, 6.07) is 20.3. The number of para-hydroxylation sites is 1. The summed E-state index contributed by atoms with van der Waals surface area (Å²) >= 11 is 1.15. The average Bonchev–Trinajstić information content (AvgIpc) is 3.33. The minimum atomic E-state index is -0.406. The molecule has 0 saturated heterocycles. The number of benzene rings is 3. The quantitative estimate of drug-likeness (QED) is 0.383. The van der Waals surface area contributed by atoms with E-state index in [0.29, 0.717) is 21.8 Å². The number of hydrogen-bond acceptors (Lipinski definition) is 6. The smallest absolute Gasteiger partial charge is 0.286 e. The highest BCUT2D eigenvalue weighted by Gasteiger charge is 2.14. The second-order valence-electron chi connectivity index (χ2n) is 7.36. The van der Waals surface area contributed by atoms with Crippen molar-refractivity contribution in [2.75, 3.05) is 5.32 Å². The first-order chi connectivity index (χ1) is 16.5. The van der Waals surface area contributed by atoms with Crippen LogP contribution in [0, 0.1) is 12.7 Å². The van der Waals surface area contributed by atoms with Crippen molar-refractivity contribution in [1.82, 2.24) is 15.5 Å². The number of carbonyl (C=O) groups excluding carboxylic acids is 2. The van der Waals surface area contributed by atoms with Crippen LogP contribution in [0.1, 0.15) is 36.3 Å². The van der Waals surface area contributed by atoms with E-state index in [2.05, 4.69) is 20.8 Å². The summed E-state index contributed by atoms with van der Waals surface area (Å²) in [7, 11) is 0. The van der Waals surface area contributed by atoms with E-state index in [1.54, 1.807) is 42.5 Å². The number of amides is 2. The zero-order chi connectivity index (χ0) is 23.9. The van der Waals surface area contributed by atoms with Gasteiger partial charge in [-0.3, -0.25) is 9.59 Å². The minimum Gasteiger partial charge on any atom is -0.486 e. The summed E-state index contributed by atoms with van der Waals surface area (Å²) < 4.78 is 19.4. The maximum absolute atomic E-state index is 13.7. The van der Waals surface area contributed by atoms with Crippen LogP contribution in [0.3, 0.4) is 0 Å². The molecular weight excluding hydrogens is 455 g/mol. The molecular formula is C25H21FN4O3S. The molecule has 2 amide bonds. The summed E-state index contributed by atoms with van der Waals surface area (Å²) in [6.45, 7) is 2.25. The van der Waals surface area contributed by atoms with Crippen molar-refractivity contribution in [3.63, 3.8) is 0 Å². The first kappa shape index (κ1) is 23.1. The van der Waals surface area contributed by atoms with Crippen LogP contribution in [0.2, 0.25) is 0 Å². The third kappa shape index (κ3) is 5.81. The van der Waals surface area contributed by atoms with E-state index >= 15 is 0 Å². The maximum atomic E-state index is 13.7. The molecule has 3 aromatic carbocycles. The molecule has 0 aliphatic carbocycles. The van der Waals surface area contributed by atoms with Gasteiger partial charge < -0.3 is 15.4 Å². The second kappa shape index (κ2) is 10.7. The van der Waals surface area contributed by atoms with Crippen molar-refractivity contribution in [2.45, 2.75) is 20.1 Å². The highest BCUT2D eigenvalue weighted by atomic mass is 32.1. The number of anilines is 1. The Labute approximate surface area is 199 Å². The Morgan fingerprint density at radius 1 is 0.941 bits per heavy atom. The van der Waals surface area contributed by atoms with Crippen molar-refractivity contribution in [1.29, 1.82) is 0 Å². The molecule has 0 atom stereocenters. The Bertz CT molecular complexity index is 1310. The zero-order valence-electron chi connectivity index (χ0n) is 18.2. The molecule has 0 unspecified atom stereocenters. The predicted octanol–water partition coefficient (Wildman–Crippen LogP) is 4.75. The molecule has 0 aliphatic rings. The summed E-state index contributed by atoms with van der Waals surface area (Å²) in [5.41, 5.74) is 2.30.